The summed E-state index contributed by atoms with van der Waals surface area (Å²) in [5.41, 5.74) is 0.683. The number of rotatable bonds is 4. The monoisotopic (exact) mass is 422 g/mol. The number of halogens is 2. The van der Waals surface area contributed by atoms with Crippen molar-refractivity contribution in [2.45, 2.75) is 64.9 Å². The van der Waals surface area contributed by atoms with Gasteiger partial charge in [-0.2, -0.15) is 0 Å². The fourth-order valence-corrected chi connectivity index (χ4v) is 4.00. The van der Waals surface area contributed by atoms with Crippen molar-refractivity contribution in [3.63, 3.8) is 0 Å². The summed E-state index contributed by atoms with van der Waals surface area (Å²) in [5, 5.41) is 0.557. The molecule has 1 aromatic rings. The van der Waals surface area contributed by atoms with Crippen molar-refractivity contribution in [3.05, 3.63) is 20.2 Å². The van der Waals surface area contributed by atoms with Crippen molar-refractivity contribution in [2.24, 2.45) is 5.92 Å². The van der Waals surface area contributed by atoms with E-state index < -0.39 is 0 Å². The normalized spacial score (nSPS) is 26.3. The van der Waals surface area contributed by atoms with Gasteiger partial charge in [-0.15, -0.1) is 0 Å². The Hall–Kier alpha value is 0.0600. The highest BCUT2D eigenvalue weighted by Gasteiger charge is 2.40. The molecule has 1 heterocycles. The minimum atomic E-state index is -0.348. The highest BCUT2D eigenvalue weighted by molar-refractivity contribution is 14.1. The Morgan fingerprint density at radius 1 is 1.33 bits per heavy atom. The molecule has 1 fully saturated rings. The first-order valence-corrected chi connectivity index (χ1v) is 9.22. The quantitative estimate of drug-likeness (QED) is 0.488. The lowest BCUT2D eigenvalue weighted by Gasteiger charge is -2.38. The molecule has 0 spiro atoms. The Balaban J connectivity index is 2.46. The van der Waals surface area contributed by atoms with Gasteiger partial charge >= 0.3 is 0 Å². The van der Waals surface area contributed by atoms with Crippen LogP contribution in [0.1, 0.15) is 70.8 Å². The molecule has 1 saturated carbocycles. The predicted octanol–water partition coefficient (Wildman–Crippen LogP) is 5.30. The minimum Gasteiger partial charge on any atom is -0.367 e. The van der Waals surface area contributed by atoms with Crippen LogP contribution in [0.25, 0.3) is 0 Å². The summed E-state index contributed by atoms with van der Waals surface area (Å²) < 4.78 is 7.11. The van der Waals surface area contributed by atoms with E-state index in [1.165, 1.54) is 0 Å². The minimum absolute atomic E-state index is 0.331. The standard InChI is InChI=1S/C16H24ClIN2O/c1-5-21-16(8-6-11(4)7-9-16)15-19-13(10(2)3)12(18)14(17)20-15/h10-11H,5-9H2,1-4H3. The van der Waals surface area contributed by atoms with Gasteiger partial charge in [-0.25, -0.2) is 9.97 Å². The molecule has 0 radical (unpaired) electrons. The molecule has 21 heavy (non-hydrogen) atoms. The van der Waals surface area contributed by atoms with Crippen LogP contribution in [-0.2, 0) is 10.3 Å². The van der Waals surface area contributed by atoms with Crippen molar-refractivity contribution in [1.82, 2.24) is 9.97 Å². The Labute approximate surface area is 146 Å². The molecule has 1 aliphatic carbocycles. The summed E-state index contributed by atoms with van der Waals surface area (Å²) in [5.74, 6) is 1.87. The van der Waals surface area contributed by atoms with Gasteiger partial charge in [-0.05, 0) is 67.0 Å². The van der Waals surface area contributed by atoms with Crippen LogP contribution in [0.5, 0.6) is 0 Å². The van der Waals surface area contributed by atoms with Crippen LogP contribution in [0.15, 0.2) is 0 Å². The van der Waals surface area contributed by atoms with Crippen molar-refractivity contribution < 1.29 is 4.74 Å². The van der Waals surface area contributed by atoms with Gasteiger partial charge in [0.15, 0.2) is 5.82 Å². The fraction of sp³-hybridized carbons (Fsp3) is 0.750. The molecule has 2 rings (SSSR count). The molecule has 0 unspecified atom stereocenters. The topological polar surface area (TPSA) is 35.0 Å². The van der Waals surface area contributed by atoms with Gasteiger partial charge in [0.2, 0.25) is 0 Å². The maximum absolute atomic E-state index is 6.36. The van der Waals surface area contributed by atoms with Gasteiger partial charge in [-0.3, -0.25) is 0 Å². The van der Waals surface area contributed by atoms with Crippen LogP contribution in [0, 0.1) is 9.49 Å². The predicted molar refractivity (Wildman–Crippen MR) is 94.8 cm³/mol. The van der Waals surface area contributed by atoms with E-state index >= 15 is 0 Å². The summed E-state index contributed by atoms with van der Waals surface area (Å²) >= 11 is 8.60. The van der Waals surface area contributed by atoms with E-state index in [9.17, 15) is 0 Å². The SMILES string of the molecule is CCOC1(c2nc(Cl)c(I)c(C(C)C)n2)CCC(C)CC1. The highest BCUT2D eigenvalue weighted by Crippen LogP contribution is 2.42. The first kappa shape index (κ1) is 17.4. The Morgan fingerprint density at radius 3 is 2.48 bits per heavy atom. The van der Waals surface area contributed by atoms with E-state index in [4.69, 9.17) is 21.3 Å². The molecule has 0 amide bonds. The first-order chi connectivity index (χ1) is 9.89. The molecule has 5 heteroatoms. The summed E-state index contributed by atoms with van der Waals surface area (Å²) in [6.07, 6.45) is 4.28. The molecule has 0 atom stereocenters. The van der Waals surface area contributed by atoms with Crippen LogP contribution in [-0.4, -0.2) is 16.6 Å². The maximum atomic E-state index is 6.36. The molecule has 3 nitrogen and oxygen atoms in total. The third-order valence-electron chi connectivity index (χ3n) is 4.29. The zero-order valence-corrected chi connectivity index (χ0v) is 16.2. The van der Waals surface area contributed by atoms with Crippen molar-refractivity contribution in [1.29, 1.82) is 0 Å². The van der Waals surface area contributed by atoms with Gasteiger partial charge in [0.1, 0.15) is 10.8 Å². The van der Waals surface area contributed by atoms with Crippen LogP contribution >= 0.6 is 34.2 Å². The van der Waals surface area contributed by atoms with Crippen molar-refractivity contribution >= 4 is 34.2 Å². The third-order valence-corrected chi connectivity index (χ3v) is 5.95. The van der Waals surface area contributed by atoms with Gasteiger partial charge in [0.25, 0.3) is 0 Å². The number of nitrogens with zero attached hydrogens (tertiary/aromatic N) is 2. The molecule has 118 valence electrons. The number of hydrogen-bond donors (Lipinski definition) is 0. The molecule has 0 N–H and O–H groups in total. The van der Waals surface area contributed by atoms with Crippen LogP contribution in [0.2, 0.25) is 5.15 Å². The lowest BCUT2D eigenvalue weighted by atomic mass is 9.78. The number of hydrogen-bond acceptors (Lipinski definition) is 3. The van der Waals surface area contributed by atoms with Gasteiger partial charge in [-0.1, -0.05) is 32.4 Å². The zero-order valence-electron chi connectivity index (χ0n) is 13.2. The van der Waals surface area contributed by atoms with E-state index in [0.717, 1.165) is 46.7 Å². The summed E-state index contributed by atoms with van der Waals surface area (Å²) in [6, 6.07) is 0. The fourth-order valence-electron chi connectivity index (χ4n) is 2.96. The molecule has 0 aliphatic heterocycles. The smallest absolute Gasteiger partial charge is 0.162 e. The molecule has 0 saturated heterocycles. The summed E-state index contributed by atoms with van der Waals surface area (Å²) in [4.78, 5) is 9.42. The van der Waals surface area contributed by atoms with Crippen molar-refractivity contribution in [2.75, 3.05) is 6.61 Å². The summed E-state index contributed by atoms with van der Waals surface area (Å²) in [6.45, 7) is 9.30. The Kier molecular flexibility index (Phi) is 5.88. The van der Waals surface area contributed by atoms with Crippen LogP contribution < -0.4 is 0 Å². The molecule has 1 aliphatic rings. The van der Waals surface area contributed by atoms with Gasteiger partial charge in [0.05, 0.1) is 9.26 Å². The number of ether oxygens (including phenoxy) is 1. The maximum Gasteiger partial charge on any atom is 0.162 e. The lowest BCUT2D eigenvalue weighted by molar-refractivity contribution is -0.0838. The molecule has 1 aromatic heterocycles. The molecule has 0 bridgehead atoms. The van der Waals surface area contributed by atoms with Crippen LogP contribution in [0.4, 0.5) is 0 Å². The van der Waals surface area contributed by atoms with Crippen LogP contribution in [0.3, 0.4) is 0 Å². The third kappa shape index (κ3) is 3.70. The average Bonchev–Trinajstić information content (AvgIpc) is 2.44. The van der Waals surface area contributed by atoms with E-state index in [2.05, 4.69) is 48.3 Å². The van der Waals surface area contributed by atoms with E-state index in [1.807, 2.05) is 6.92 Å². The molecular formula is C16H24ClIN2O. The second-order valence-corrected chi connectivity index (χ2v) is 7.74. The first-order valence-electron chi connectivity index (χ1n) is 7.77. The average molecular weight is 423 g/mol. The van der Waals surface area contributed by atoms with E-state index in [0.29, 0.717) is 17.7 Å². The largest absolute Gasteiger partial charge is 0.367 e. The highest BCUT2D eigenvalue weighted by atomic mass is 127. The molecular weight excluding hydrogens is 399 g/mol. The zero-order chi connectivity index (χ0) is 15.6. The number of aromatic nitrogens is 2. The Bertz CT molecular complexity index is 499. The van der Waals surface area contributed by atoms with Gasteiger partial charge in [0, 0.05) is 6.61 Å². The summed E-state index contributed by atoms with van der Waals surface area (Å²) in [7, 11) is 0. The second kappa shape index (κ2) is 7.09. The van der Waals surface area contributed by atoms with Crippen molar-refractivity contribution in [3.8, 4) is 0 Å². The van der Waals surface area contributed by atoms with E-state index in [-0.39, 0.29) is 5.60 Å². The molecule has 0 aromatic carbocycles. The van der Waals surface area contributed by atoms with E-state index in [1.54, 1.807) is 0 Å². The second-order valence-electron chi connectivity index (χ2n) is 6.30. The van der Waals surface area contributed by atoms with Gasteiger partial charge < -0.3 is 4.74 Å². The Morgan fingerprint density at radius 2 is 1.95 bits per heavy atom. The lowest BCUT2D eigenvalue weighted by Crippen LogP contribution is -2.36.